The highest BCUT2D eigenvalue weighted by Gasteiger charge is 2.29. The lowest BCUT2D eigenvalue weighted by atomic mass is 10.1. The van der Waals surface area contributed by atoms with Gasteiger partial charge in [0.1, 0.15) is 5.82 Å². The average Bonchev–Trinajstić information content (AvgIpc) is 2.82. The first kappa shape index (κ1) is 14.3. The highest BCUT2D eigenvalue weighted by molar-refractivity contribution is 6.17. The number of anilines is 2. The molecule has 0 aliphatic carbocycles. The van der Waals surface area contributed by atoms with Crippen molar-refractivity contribution in [2.75, 3.05) is 4.90 Å². The van der Waals surface area contributed by atoms with Crippen molar-refractivity contribution in [1.82, 2.24) is 9.97 Å². The van der Waals surface area contributed by atoms with E-state index in [9.17, 15) is 0 Å². The zero-order valence-electron chi connectivity index (χ0n) is 12.7. The predicted molar refractivity (Wildman–Crippen MR) is 87.4 cm³/mol. The summed E-state index contributed by atoms with van der Waals surface area (Å²) in [6.45, 7) is 6.43. The molecule has 0 bridgehead atoms. The van der Waals surface area contributed by atoms with E-state index in [0.29, 0.717) is 17.8 Å². The zero-order valence-corrected chi connectivity index (χ0v) is 13.4. The van der Waals surface area contributed by atoms with E-state index >= 15 is 0 Å². The fraction of sp³-hybridized carbons (Fsp3) is 0.412. The number of hydrogen-bond donors (Lipinski definition) is 0. The molecule has 1 aliphatic heterocycles. The molecule has 0 saturated heterocycles. The maximum absolute atomic E-state index is 6.15. The van der Waals surface area contributed by atoms with Gasteiger partial charge in [0.25, 0.3) is 0 Å². The van der Waals surface area contributed by atoms with Gasteiger partial charge in [-0.05, 0) is 25.0 Å². The number of alkyl halides is 1. The Balaban J connectivity index is 2.08. The summed E-state index contributed by atoms with van der Waals surface area (Å²) >= 11 is 6.15. The summed E-state index contributed by atoms with van der Waals surface area (Å²) in [5.74, 6) is 1.57. The topological polar surface area (TPSA) is 29.0 Å². The molecular formula is C17H20ClN3. The van der Waals surface area contributed by atoms with E-state index in [2.05, 4.69) is 59.9 Å². The fourth-order valence-corrected chi connectivity index (χ4v) is 3.13. The van der Waals surface area contributed by atoms with Gasteiger partial charge in [-0.2, -0.15) is 0 Å². The number of nitrogens with zero attached hydrogens (tertiary/aromatic N) is 3. The number of halogens is 1. The highest BCUT2D eigenvalue weighted by atomic mass is 35.5. The summed E-state index contributed by atoms with van der Waals surface area (Å²) in [5.41, 5.74) is 4.57. The second-order valence-electron chi connectivity index (χ2n) is 5.90. The lowest BCUT2D eigenvalue weighted by Crippen LogP contribution is -2.25. The van der Waals surface area contributed by atoms with Crippen molar-refractivity contribution in [3.63, 3.8) is 0 Å². The van der Waals surface area contributed by atoms with Crippen molar-refractivity contribution < 1.29 is 0 Å². The molecule has 3 nitrogen and oxygen atoms in total. The molecule has 2 heterocycles. The van der Waals surface area contributed by atoms with Gasteiger partial charge in [0.2, 0.25) is 0 Å². The summed E-state index contributed by atoms with van der Waals surface area (Å²) in [7, 11) is 0. The van der Waals surface area contributed by atoms with Crippen molar-refractivity contribution in [3.8, 4) is 0 Å². The van der Waals surface area contributed by atoms with Crippen LogP contribution in [-0.4, -0.2) is 16.0 Å². The minimum absolute atomic E-state index is 0.310. The van der Waals surface area contributed by atoms with Gasteiger partial charge >= 0.3 is 0 Å². The number of fused-ring (bicyclic) bond motifs is 1. The molecule has 1 aromatic heterocycles. The molecule has 1 aromatic carbocycles. The number of aromatic nitrogens is 2. The Labute approximate surface area is 131 Å². The molecule has 0 amide bonds. The van der Waals surface area contributed by atoms with Gasteiger partial charge in [0, 0.05) is 17.6 Å². The third-order valence-corrected chi connectivity index (χ3v) is 4.23. The molecule has 21 heavy (non-hydrogen) atoms. The van der Waals surface area contributed by atoms with Crippen molar-refractivity contribution >= 4 is 23.0 Å². The van der Waals surface area contributed by atoms with Crippen LogP contribution in [0.1, 0.15) is 43.8 Å². The van der Waals surface area contributed by atoms with Crippen molar-refractivity contribution in [2.45, 2.75) is 45.0 Å². The molecule has 1 atom stereocenters. The van der Waals surface area contributed by atoms with E-state index in [1.165, 1.54) is 11.3 Å². The van der Waals surface area contributed by atoms with Gasteiger partial charge in [0.05, 0.1) is 23.5 Å². The van der Waals surface area contributed by atoms with Crippen LogP contribution in [0, 0.1) is 0 Å². The summed E-state index contributed by atoms with van der Waals surface area (Å²) in [4.78, 5) is 11.5. The molecule has 0 spiro atoms. The number of rotatable bonds is 3. The highest BCUT2D eigenvalue weighted by Crippen LogP contribution is 2.39. The van der Waals surface area contributed by atoms with E-state index < -0.39 is 0 Å². The number of benzene rings is 1. The Bertz CT molecular complexity index is 654. The van der Waals surface area contributed by atoms with E-state index in [1.807, 2.05) is 6.20 Å². The summed E-state index contributed by atoms with van der Waals surface area (Å²) in [5, 5.41) is 0. The molecule has 0 radical (unpaired) electrons. The second-order valence-corrected chi connectivity index (χ2v) is 6.17. The third-order valence-electron chi connectivity index (χ3n) is 3.97. The average molecular weight is 302 g/mol. The molecule has 1 unspecified atom stereocenters. The monoisotopic (exact) mass is 301 g/mol. The Kier molecular flexibility index (Phi) is 3.85. The Morgan fingerprint density at radius 3 is 2.76 bits per heavy atom. The zero-order chi connectivity index (χ0) is 15.0. The van der Waals surface area contributed by atoms with Crippen LogP contribution in [0.3, 0.4) is 0 Å². The standard InChI is InChI=1S/C17H20ClN3/c1-11(2)17-19-10-16(14(9-18)20-17)21-12(3)8-13-6-4-5-7-15(13)21/h4-7,10-12H,8-9H2,1-3H3. The van der Waals surface area contributed by atoms with Gasteiger partial charge in [-0.25, -0.2) is 9.97 Å². The van der Waals surface area contributed by atoms with Gasteiger partial charge in [-0.3, -0.25) is 0 Å². The van der Waals surface area contributed by atoms with Gasteiger partial charge < -0.3 is 4.90 Å². The summed E-state index contributed by atoms with van der Waals surface area (Å²) in [6, 6.07) is 8.92. The van der Waals surface area contributed by atoms with Crippen molar-refractivity contribution in [1.29, 1.82) is 0 Å². The molecule has 3 rings (SSSR count). The van der Waals surface area contributed by atoms with Gasteiger partial charge in [-0.1, -0.05) is 32.0 Å². The largest absolute Gasteiger partial charge is 0.335 e. The van der Waals surface area contributed by atoms with E-state index in [1.54, 1.807) is 0 Å². The smallest absolute Gasteiger partial charge is 0.131 e. The van der Waals surface area contributed by atoms with Crippen LogP contribution in [0.15, 0.2) is 30.5 Å². The third kappa shape index (κ3) is 2.51. The summed E-state index contributed by atoms with van der Waals surface area (Å²) < 4.78 is 0. The molecule has 1 aliphatic rings. The minimum Gasteiger partial charge on any atom is -0.335 e. The predicted octanol–water partition coefficient (Wildman–Crippen LogP) is 4.42. The maximum atomic E-state index is 6.15. The first-order chi connectivity index (χ1) is 10.1. The Morgan fingerprint density at radius 2 is 2.05 bits per heavy atom. The quantitative estimate of drug-likeness (QED) is 0.786. The summed E-state index contributed by atoms with van der Waals surface area (Å²) in [6.07, 6.45) is 2.97. The first-order valence-corrected chi connectivity index (χ1v) is 7.94. The van der Waals surface area contributed by atoms with Gasteiger partial charge in [-0.15, -0.1) is 11.6 Å². The van der Waals surface area contributed by atoms with Crippen LogP contribution >= 0.6 is 11.6 Å². The van der Waals surface area contributed by atoms with E-state index in [0.717, 1.165) is 23.6 Å². The lowest BCUT2D eigenvalue weighted by molar-refractivity contribution is 0.733. The van der Waals surface area contributed by atoms with E-state index in [-0.39, 0.29) is 0 Å². The maximum Gasteiger partial charge on any atom is 0.131 e. The molecule has 2 aromatic rings. The van der Waals surface area contributed by atoms with Crippen LogP contribution in [0.5, 0.6) is 0 Å². The van der Waals surface area contributed by atoms with Crippen LogP contribution in [0.25, 0.3) is 0 Å². The molecule has 0 fully saturated rings. The second kappa shape index (κ2) is 5.64. The molecule has 4 heteroatoms. The SMILES string of the molecule is CC(C)c1ncc(N2c3ccccc3CC2C)c(CCl)n1. The fourth-order valence-electron chi connectivity index (χ4n) is 2.94. The molecule has 110 valence electrons. The molecule has 0 N–H and O–H groups in total. The van der Waals surface area contributed by atoms with Crippen LogP contribution in [-0.2, 0) is 12.3 Å². The van der Waals surface area contributed by atoms with Crippen molar-refractivity contribution in [3.05, 3.63) is 47.5 Å². The van der Waals surface area contributed by atoms with Gasteiger partial charge in [0.15, 0.2) is 0 Å². The van der Waals surface area contributed by atoms with Crippen LogP contribution in [0.4, 0.5) is 11.4 Å². The lowest BCUT2D eigenvalue weighted by Gasteiger charge is -2.26. The molecule has 0 saturated carbocycles. The number of hydrogen-bond acceptors (Lipinski definition) is 3. The minimum atomic E-state index is 0.310. The first-order valence-electron chi connectivity index (χ1n) is 7.40. The van der Waals surface area contributed by atoms with Crippen LogP contribution < -0.4 is 4.90 Å². The van der Waals surface area contributed by atoms with Crippen LogP contribution in [0.2, 0.25) is 0 Å². The Hall–Kier alpha value is -1.61. The van der Waals surface area contributed by atoms with E-state index in [4.69, 9.17) is 11.6 Å². The number of para-hydroxylation sites is 1. The normalized spacial score (nSPS) is 17.4. The molecular weight excluding hydrogens is 282 g/mol. The van der Waals surface area contributed by atoms with Crippen molar-refractivity contribution in [2.24, 2.45) is 0 Å². The Morgan fingerprint density at radius 1 is 1.29 bits per heavy atom.